The summed E-state index contributed by atoms with van der Waals surface area (Å²) in [5.41, 5.74) is 0.257. The van der Waals surface area contributed by atoms with Gasteiger partial charge >= 0.3 is 6.36 Å². The number of amides is 1. The van der Waals surface area contributed by atoms with Gasteiger partial charge in [-0.05, 0) is 61.4 Å². The first-order valence-electron chi connectivity index (χ1n) is 8.97. The van der Waals surface area contributed by atoms with E-state index in [1.807, 2.05) is 0 Å². The largest absolute Gasteiger partial charge is 0.573 e. The lowest BCUT2D eigenvalue weighted by Gasteiger charge is -2.31. The maximum Gasteiger partial charge on any atom is 0.573 e. The molecule has 0 saturated carbocycles. The van der Waals surface area contributed by atoms with Crippen LogP contribution in [0, 0.1) is 11.7 Å². The maximum absolute atomic E-state index is 13.1. The molecule has 162 valence electrons. The second-order valence-corrected chi connectivity index (χ2v) is 8.66. The fourth-order valence-corrected chi connectivity index (χ4v) is 4.64. The molecule has 1 fully saturated rings. The number of ether oxygens (including phenoxy) is 1. The Kier molecular flexibility index (Phi) is 6.32. The van der Waals surface area contributed by atoms with Crippen molar-refractivity contribution in [1.29, 1.82) is 0 Å². The fraction of sp³-hybridized carbons (Fsp3) is 0.316. The summed E-state index contributed by atoms with van der Waals surface area (Å²) >= 11 is 0. The highest BCUT2D eigenvalue weighted by molar-refractivity contribution is 7.89. The Hall–Kier alpha value is -2.66. The lowest BCUT2D eigenvalue weighted by molar-refractivity contribution is -0.274. The average Bonchev–Trinajstić information content (AvgIpc) is 2.69. The van der Waals surface area contributed by atoms with Gasteiger partial charge in [0, 0.05) is 18.8 Å². The number of nitrogens with one attached hydrogen (secondary N) is 1. The molecule has 0 aliphatic carbocycles. The first-order valence-corrected chi connectivity index (χ1v) is 10.4. The Balaban J connectivity index is 1.65. The van der Waals surface area contributed by atoms with Crippen LogP contribution in [0.5, 0.6) is 5.75 Å². The normalized spacial score (nSPS) is 18.1. The summed E-state index contributed by atoms with van der Waals surface area (Å²) in [7, 11) is -3.88. The van der Waals surface area contributed by atoms with Crippen molar-refractivity contribution in [2.24, 2.45) is 5.92 Å². The van der Waals surface area contributed by atoms with Crippen LogP contribution in [0.25, 0.3) is 0 Å². The van der Waals surface area contributed by atoms with Crippen molar-refractivity contribution in [3.8, 4) is 5.75 Å². The van der Waals surface area contributed by atoms with Gasteiger partial charge in [0.1, 0.15) is 11.6 Å². The second-order valence-electron chi connectivity index (χ2n) is 6.72. The summed E-state index contributed by atoms with van der Waals surface area (Å²) in [6.45, 7) is 0.174. The van der Waals surface area contributed by atoms with Gasteiger partial charge in [0.05, 0.1) is 10.8 Å². The van der Waals surface area contributed by atoms with Gasteiger partial charge in [-0.2, -0.15) is 4.31 Å². The summed E-state index contributed by atoms with van der Waals surface area (Å²) in [6.07, 6.45) is -3.90. The lowest BCUT2D eigenvalue weighted by Crippen LogP contribution is -2.43. The van der Waals surface area contributed by atoms with E-state index in [4.69, 9.17) is 0 Å². The van der Waals surface area contributed by atoms with Crippen LogP contribution in [0.15, 0.2) is 53.4 Å². The van der Waals surface area contributed by atoms with Crippen LogP contribution in [0.1, 0.15) is 12.8 Å². The molecule has 1 saturated heterocycles. The van der Waals surface area contributed by atoms with Crippen molar-refractivity contribution in [3.63, 3.8) is 0 Å². The molecule has 1 atom stereocenters. The molecule has 2 aromatic carbocycles. The van der Waals surface area contributed by atoms with Crippen LogP contribution in [0.3, 0.4) is 0 Å². The van der Waals surface area contributed by atoms with E-state index >= 15 is 0 Å². The third-order valence-corrected chi connectivity index (χ3v) is 6.44. The fourth-order valence-electron chi connectivity index (χ4n) is 3.11. The monoisotopic (exact) mass is 446 g/mol. The molecule has 3 rings (SSSR count). The van der Waals surface area contributed by atoms with Crippen LogP contribution >= 0.6 is 0 Å². The quantitative estimate of drug-likeness (QED) is 0.710. The summed E-state index contributed by atoms with van der Waals surface area (Å²) in [5, 5.41) is 2.57. The van der Waals surface area contributed by atoms with Gasteiger partial charge in [0.25, 0.3) is 0 Å². The van der Waals surface area contributed by atoms with E-state index < -0.39 is 39.8 Å². The Bertz CT molecular complexity index is 993. The first-order chi connectivity index (χ1) is 14.0. The molecule has 1 amide bonds. The van der Waals surface area contributed by atoms with Crippen molar-refractivity contribution < 1.29 is 35.5 Å². The van der Waals surface area contributed by atoms with Gasteiger partial charge in [-0.25, -0.2) is 12.8 Å². The third kappa shape index (κ3) is 5.48. The number of rotatable bonds is 5. The van der Waals surface area contributed by atoms with Crippen molar-refractivity contribution in [2.75, 3.05) is 18.4 Å². The van der Waals surface area contributed by atoms with Crippen LogP contribution in [0.4, 0.5) is 23.2 Å². The highest BCUT2D eigenvalue weighted by Gasteiger charge is 2.34. The minimum Gasteiger partial charge on any atom is -0.406 e. The molecule has 1 aliphatic heterocycles. The molecule has 0 aromatic heterocycles. The molecular weight excluding hydrogens is 428 g/mol. The van der Waals surface area contributed by atoms with Crippen LogP contribution in [-0.2, 0) is 14.8 Å². The van der Waals surface area contributed by atoms with Crippen molar-refractivity contribution in [3.05, 3.63) is 54.3 Å². The van der Waals surface area contributed by atoms with E-state index in [0.29, 0.717) is 12.8 Å². The summed E-state index contributed by atoms with van der Waals surface area (Å²) in [5.74, 6) is -2.06. The first kappa shape index (κ1) is 22.0. The number of sulfonamides is 1. The molecule has 1 heterocycles. The maximum atomic E-state index is 13.1. The van der Waals surface area contributed by atoms with Crippen molar-refractivity contribution in [1.82, 2.24) is 4.31 Å². The Morgan fingerprint density at radius 2 is 1.70 bits per heavy atom. The predicted molar refractivity (Wildman–Crippen MR) is 99.6 cm³/mol. The third-order valence-electron chi connectivity index (χ3n) is 4.56. The number of carbonyl (C=O) groups excluding carboxylic acids is 1. The van der Waals surface area contributed by atoms with Crippen LogP contribution < -0.4 is 10.1 Å². The van der Waals surface area contributed by atoms with Crippen molar-refractivity contribution >= 4 is 21.6 Å². The molecule has 0 radical (unpaired) electrons. The van der Waals surface area contributed by atoms with E-state index in [1.54, 1.807) is 0 Å². The molecule has 30 heavy (non-hydrogen) atoms. The second kappa shape index (κ2) is 8.60. The topological polar surface area (TPSA) is 75.7 Å². The highest BCUT2D eigenvalue weighted by atomic mass is 32.2. The van der Waals surface area contributed by atoms with Gasteiger partial charge in [0.2, 0.25) is 15.9 Å². The number of anilines is 1. The van der Waals surface area contributed by atoms with E-state index in [9.17, 15) is 30.8 Å². The predicted octanol–water partition coefficient (Wildman–Crippen LogP) is 3.76. The number of nitrogens with zero attached hydrogens (tertiary/aromatic N) is 1. The summed E-state index contributed by atoms with van der Waals surface area (Å²) < 4.78 is 80.1. The van der Waals surface area contributed by atoms with E-state index in [2.05, 4.69) is 10.1 Å². The van der Waals surface area contributed by atoms with Crippen LogP contribution in [0.2, 0.25) is 0 Å². The zero-order valence-corrected chi connectivity index (χ0v) is 16.3. The Morgan fingerprint density at radius 1 is 1.07 bits per heavy atom. The van der Waals surface area contributed by atoms with Gasteiger partial charge < -0.3 is 10.1 Å². The number of alkyl halides is 3. The SMILES string of the molecule is O=C(Nc1ccc(OC(F)(F)F)cc1)[C@H]1CCCN(S(=O)(=O)c2ccc(F)cc2)C1. The summed E-state index contributed by atoms with van der Waals surface area (Å²) in [6, 6.07) is 9.08. The standard InChI is InChI=1S/C19H18F4N2O4S/c20-14-3-9-17(10-4-14)30(27,28)25-11-1-2-13(12-25)18(26)24-15-5-7-16(8-6-15)29-19(21,22)23/h3-10,13H,1-2,11-12H2,(H,24,26)/t13-/m0/s1. The van der Waals surface area contributed by atoms with Crippen molar-refractivity contribution in [2.45, 2.75) is 24.1 Å². The van der Waals surface area contributed by atoms with Gasteiger partial charge in [-0.15, -0.1) is 13.2 Å². The average molecular weight is 446 g/mol. The van der Waals surface area contributed by atoms with Gasteiger partial charge in [-0.1, -0.05) is 0 Å². The highest BCUT2D eigenvalue weighted by Crippen LogP contribution is 2.27. The number of benzene rings is 2. The number of piperidine rings is 1. The molecule has 1 N–H and O–H groups in total. The molecule has 0 bridgehead atoms. The molecule has 0 spiro atoms. The smallest absolute Gasteiger partial charge is 0.406 e. The number of carbonyl (C=O) groups is 1. The number of halogens is 4. The Morgan fingerprint density at radius 3 is 2.30 bits per heavy atom. The van der Waals surface area contributed by atoms with E-state index in [-0.39, 0.29) is 23.7 Å². The number of hydrogen-bond donors (Lipinski definition) is 1. The summed E-state index contributed by atoms with van der Waals surface area (Å²) in [4.78, 5) is 12.5. The van der Waals surface area contributed by atoms with Gasteiger partial charge in [0.15, 0.2) is 0 Å². The molecule has 1 aliphatic rings. The lowest BCUT2D eigenvalue weighted by atomic mass is 9.99. The molecule has 0 unspecified atom stereocenters. The zero-order valence-electron chi connectivity index (χ0n) is 15.5. The zero-order chi connectivity index (χ0) is 21.9. The van der Waals surface area contributed by atoms with E-state index in [1.165, 1.54) is 28.6 Å². The van der Waals surface area contributed by atoms with Crippen LogP contribution in [-0.4, -0.2) is 38.1 Å². The number of hydrogen-bond acceptors (Lipinski definition) is 4. The molecular formula is C19H18F4N2O4S. The molecule has 11 heteroatoms. The minimum atomic E-state index is -4.81. The Labute approximate surface area is 170 Å². The minimum absolute atomic E-state index is 0.0548. The van der Waals surface area contributed by atoms with Gasteiger partial charge in [-0.3, -0.25) is 4.79 Å². The molecule has 2 aromatic rings. The van der Waals surface area contributed by atoms with E-state index in [0.717, 1.165) is 24.3 Å². The molecule has 6 nitrogen and oxygen atoms in total.